The number of nitrogens with zero attached hydrogens (tertiary/aromatic N) is 4. The molecule has 0 spiro atoms. The molecule has 2 aromatic heterocycles. The van der Waals surface area contributed by atoms with Crippen molar-refractivity contribution in [3.8, 4) is 0 Å². The summed E-state index contributed by atoms with van der Waals surface area (Å²) in [4.78, 5) is 32.1. The highest BCUT2D eigenvalue weighted by Crippen LogP contribution is 2.10. The topological polar surface area (TPSA) is 112 Å². The predicted molar refractivity (Wildman–Crippen MR) is 84.4 cm³/mol. The van der Waals surface area contributed by atoms with Crippen LogP contribution < -0.4 is 11.0 Å². The zero-order valence-corrected chi connectivity index (χ0v) is 14.2. The lowest BCUT2D eigenvalue weighted by atomic mass is 10.3. The van der Waals surface area contributed by atoms with Gasteiger partial charge in [-0.15, -0.1) is 0 Å². The molecule has 2 aromatic rings. The van der Waals surface area contributed by atoms with Crippen LogP contribution in [0.4, 0.5) is 0 Å². The van der Waals surface area contributed by atoms with Crippen molar-refractivity contribution >= 4 is 5.91 Å². The Morgan fingerprint density at radius 1 is 1.42 bits per heavy atom. The van der Waals surface area contributed by atoms with Gasteiger partial charge < -0.3 is 14.6 Å². The molecule has 2 rings (SSSR count). The van der Waals surface area contributed by atoms with Crippen molar-refractivity contribution in [2.24, 2.45) is 0 Å². The normalized spacial score (nSPS) is 12.2. The maximum absolute atomic E-state index is 12.2. The minimum atomic E-state index is -0.462. The third-order valence-electron chi connectivity index (χ3n) is 3.41. The van der Waals surface area contributed by atoms with Crippen LogP contribution in [-0.2, 0) is 22.5 Å². The van der Waals surface area contributed by atoms with E-state index in [0.29, 0.717) is 36.1 Å². The molecule has 130 valence electrons. The highest BCUT2D eigenvalue weighted by atomic mass is 16.5. The van der Waals surface area contributed by atoms with Crippen molar-refractivity contribution in [1.82, 2.24) is 25.0 Å². The zero-order valence-electron chi connectivity index (χ0n) is 14.2. The minimum Gasteiger partial charge on any atom is -0.384 e. The number of aryl methyl sites for hydroxylation is 2. The fourth-order valence-electron chi connectivity index (χ4n) is 2.20. The first-order valence-electron chi connectivity index (χ1n) is 7.56. The molecule has 0 aliphatic carbocycles. The van der Waals surface area contributed by atoms with E-state index in [-0.39, 0.29) is 12.5 Å². The van der Waals surface area contributed by atoms with Crippen LogP contribution in [0.1, 0.15) is 36.1 Å². The molecule has 1 N–H and O–H groups in total. The first-order valence-corrected chi connectivity index (χ1v) is 7.56. The average Bonchev–Trinajstić information content (AvgIpc) is 2.97. The second kappa shape index (κ2) is 7.82. The molecule has 2 heterocycles. The van der Waals surface area contributed by atoms with Gasteiger partial charge in [-0.05, 0) is 26.8 Å². The number of carbonyl (C=O) groups is 1. The number of ether oxygens (including phenoxy) is 1. The van der Waals surface area contributed by atoms with E-state index in [2.05, 4.69) is 20.4 Å². The predicted octanol–water partition coefficient (Wildman–Crippen LogP) is 0.309. The standard InChI is InChI=1S/C15H21N5O4/c1-9-7-10(2)20(15(22)16-9)8-13(21)17-11(3)14-18-12(19-24-14)5-6-23-4/h7,11H,5-6,8H2,1-4H3,(H,17,21). The van der Waals surface area contributed by atoms with Gasteiger partial charge in [0.2, 0.25) is 11.8 Å². The molecule has 24 heavy (non-hydrogen) atoms. The molecule has 0 aliphatic rings. The fourth-order valence-corrected chi connectivity index (χ4v) is 2.20. The Hall–Kier alpha value is -2.55. The average molecular weight is 335 g/mol. The van der Waals surface area contributed by atoms with Crippen molar-refractivity contribution < 1.29 is 14.1 Å². The molecular formula is C15H21N5O4. The highest BCUT2D eigenvalue weighted by molar-refractivity contribution is 5.76. The van der Waals surface area contributed by atoms with E-state index in [4.69, 9.17) is 9.26 Å². The van der Waals surface area contributed by atoms with E-state index in [1.807, 2.05) is 0 Å². The van der Waals surface area contributed by atoms with E-state index < -0.39 is 11.7 Å². The van der Waals surface area contributed by atoms with Crippen molar-refractivity contribution in [3.63, 3.8) is 0 Å². The number of rotatable bonds is 7. The van der Waals surface area contributed by atoms with Gasteiger partial charge in [0.25, 0.3) is 0 Å². The van der Waals surface area contributed by atoms with Gasteiger partial charge in [-0.3, -0.25) is 9.36 Å². The summed E-state index contributed by atoms with van der Waals surface area (Å²) in [5.41, 5.74) is 0.849. The Labute approximate surface area is 139 Å². The van der Waals surface area contributed by atoms with Gasteiger partial charge in [-0.2, -0.15) is 9.97 Å². The third-order valence-corrected chi connectivity index (χ3v) is 3.41. The van der Waals surface area contributed by atoms with Crippen molar-refractivity contribution in [2.75, 3.05) is 13.7 Å². The Balaban J connectivity index is 1.99. The monoisotopic (exact) mass is 335 g/mol. The Morgan fingerprint density at radius 3 is 2.83 bits per heavy atom. The van der Waals surface area contributed by atoms with Crippen LogP contribution in [0.3, 0.4) is 0 Å². The molecule has 0 saturated carbocycles. The van der Waals surface area contributed by atoms with Crippen molar-refractivity contribution in [3.05, 3.63) is 39.7 Å². The summed E-state index contributed by atoms with van der Waals surface area (Å²) in [6.45, 7) is 5.59. The molecular weight excluding hydrogens is 314 g/mol. The lowest BCUT2D eigenvalue weighted by Crippen LogP contribution is -2.35. The number of methoxy groups -OCH3 is 1. The van der Waals surface area contributed by atoms with E-state index in [1.165, 1.54) is 4.57 Å². The van der Waals surface area contributed by atoms with Gasteiger partial charge in [0.05, 0.1) is 6.61 Å². The fraction of sp³-hybridized carbons (Fsp3) is 0.533. The molecule has 0 radical (unpaired) electrons. The van der Waals surface area contributed by atoms with Crippen LogP contribution in [0, 0.1) is 13.8 Å². The summed E-state index contributed by atoms with van der Waals surface area (Å²) in [6, 6.07) is 1.29. The van der Waals surface area contributed by atoms with E-state index >= 15 is 0 Å². The number of carbonyl (C=O) groups excluding carboxylic acids is 1. The summed E-state index contributed by atoms with van der Waals surface area (Å²) < 4.78 is 11.4. The summed E-state index contributed by atoms with van der Waals surface area (Å²) in [6.07, 6.45) is 0.532. The van der Waals surface area contributed by atoms with Gasteiger partial charge in [0, 0.05) is 24.9 Å². The molecule has 1 unspecified atom stereocenters. The maximum atomic E-state index is 12.2. The number of nitrogens with one attached hydrogen (secondary N) is 1. The van der Waals surface area contributed by atoms with E-state index in [0.717, 1.165) is 0 Å². The van der Waals surface area contributed by atoms with Crippen LogP contribution in [0.2, 0.25) is 0 Å². The second-order valence-corrected chi connectivity index (χ2v) is 5.49. The number of aromatic nitrogens is 4. The number of amides is 1. The summed E-state index contributed by atoms with van der Waals surface area (Å²) in [5, 5.41) is 6.55. The molecule has 0 fully saturated rings. The SMILES string of the molecule is COCCc1noc(C(C)NC(=O)Cn2c(C)cc(C)nc2=O)n1. The van der Waals surface area contributed by atoms with Gasteiger partial charge in [0.1, 0.15) is 12.6 Å². The number of hydrogen-bond donors (Lipinski definition) is 1. The van der Waals surface area contributed by atoms with E-state index in [1.54, 1.807) is 33.9 Å². The molecule has 0 aliphatic heterocycles. The Kier molecular flexibility index (Phi) is 5.80. The van der Waals surface area contributed by atoms with Crippen LogP contribution in [-0.4, -0.2) is 39.3 Å². The van der Waals surface area contributed by atoms with Gasteiger partial charge >= 0.3 is 5.69 Å². The van der Waals surface area contributed by atoms with Crippen molar-refractivity contribution in [2.45, 2.75) is 39.8 Å². The minimum absolute atomic E-state index is 0.118. The van der Waals surface area contributed by atoms with Crippen LogP contribution >= 0.6 is 0 Å². The van der Waals surface area contributed by atoms with Gasteiger partial charge in [-0.25, -0.2) is 4.79 Å². The third kappa shape index (κ3) is 4.48. The van der Waals surface area contributed by atoms with Crippen LogP contribution in [0.25, 0.3) is 0 Å². The first-order chi connectivity index (χ1) is 11.4. The quantitative estimate of drug-likeness (QED) is 0.775. The maximum Gasteiger partial charge on any atom is 0.348 e. The second-order valence-electron chi connectivity index (χ2n) is 5.49. The zero-order chi connectivity index (χ0) is 17.7. The number of hydrogen-bond acceptors (Lipinski definition) is 7. The lowest BCUT2D eigenvalue weighted by molar-refractivity contribution is -0.122. The van der Waals surface area contributed by atoms with Gasteiger partial charge in [-0.1, -0.05) is 5.16 Å². The summed E-state index contributed by atoms with van der Waals surface area (Å²) in [7, 11) is 1.59. The van der Waals surface area contributed by atoms with Gasteiger partial charge in [0.15, 0.2) is 5.82 Å². The molecule has 0 bridgehead atoms. The van der Waals surface area contributed by atoms with E-state index in [9.17, 15) is 9.59 Å². The Morgan fingerprint density at radius 2 is 2.17 bits per heavy atom. The summed E-state index contributed by atoms with van der Waals surface area (Å²) in [5.74, 6) is 0.485. The van der Waals surface area contributed by atoms with Crippen LogP contribution in [0.15, 0.2) is 15.4 Å². The molecule has 9 nitrogen and oxygen atoms in total. The molecule has 0 aromatic carbocycles. The smallest absolute Gasteiger partial charge is 0.348 e. The van der Waals surface area contributed by atoms with Crippen molar-refractivity contribution in [1.29, 1.82) is 0 Å². The first kappa shape index (κ1) is 17.8. The molecule has 1 amide bonds. The lowest BCUT2D eigenvalue weighted by Gasteiger charge is -2.12. The highest BCUT2D eigenvalue weighted by Gasteiger charge is 2.17. The molecule has 1 atom stereocenters. The molecule has 0 saturated heterocycles. The van der Waals surface area contributed by atoms with Crippen LogP contribution in [0.5, 0.6) is 0 Å². The Bertz CT molecular complexity index is 767. The largest absolute Gasteiger partial charge is 0.384 e. The summed E-state index contributed by atoms with van der Waals surface area (Å²) >= 11 is 0. The molecule has 9 heteroatoms.